The van der Waals surface area contributed by atoms with Gasteiger partial charge in [-0.05, 0) is 49.7 Å². The number of aryl methyl sites for hydroxylation is 1. The summed E-state index contributed by atoms with van der Waals surface area (Å²) in [4.78, 5) is 36.4. The zero-order valence-corrected chi connectivity index (χ0v) is 21.8. The summed E-state index contributed by atoms with van der Waals surface area (Å²) >= 11 is 1.56. The van der Waals surface area contributed by atoms with Gasteiger partial charge in [0.2, 0.25) is 5.91 Å². The average molecular weight is 532 g/mol. The topological polar surface area (TPSA) is 117 Å². The van der Waals surface area contributed by atoms with Crippen LogP contribution in [0.25, 0.3) is 10.9 Å². The van der Waals surface area contributed by atoms with Crippen molar-refractivity contribution in [1.29, 1.82) is 0 Å². The molecule has 5 rings (SSSR count). The van der Waals surface area contributed by atoms with Gasteiger partial charge in [-0.2, -0.15) is 0 Å². The highest BCUT2D eigenvalue weighted by Crippen LogP contribution is 2.23. The smallest absolute Gasteiger partial charge is 0.251 e. The summed E-state index contributed by atoms with van der Waals surface area (Å²) in [7, 11) is 0. The minimum Gasteiger partial charge on any atom is -0.489 e. The number of hydrogen-bond donors (Lipinski definition) is 3. The first-order valence-electron chi connectivity index (χ1n) is 12.4. The van der Waals surface area contributed by atoms with E-state index in [9.17, 15) is 14.8 Å². The van der Waals surface area contributed by atoms with Crippen LogP contribution in [-0.4, -0.2) is 51.0 Å². The molecule has 3 heterocycles. The van der Waals surface area contributed by atoms with E-state index >= 15 is 0 Å². The second-order valence-electron chi connectivity index (χ2n) is 9.37. The number of benzene rings is 2. The van der Waals surface area contributed by atoms with E-state index in [0.29, 0.717) is 44.0 Å². The second-order valence-corrected chi connectivity index (χ2v) is 10.3. The monoisotopic (exact) mass is 531 g/mol. The van der Waals surface area contributed by atoms with Gasteiger partial charge >= 0.3 is 0 Å². The van der Waals surface area contributed by atoms with Gasteiger partial charge in [0.25, 0.3) is 5.91 Å². The van der Waals surface area contributed by atoms with Crippen molar-refractivity contribution in [2.24, 2.45) is 5.92 Å². The largest absolute Gasteiger partial charge is 0.489 e. The van der Waals surface area contributed by atoms with Crippen molar-refractivity contribution in [3.8, 4) is 5.75 Å². The van der Waals surface area contributed by atoms with Crippen molar-refractivity contribution in [2.45, 2.75) is 32.5 Å². The minimum atomic E-state index is -0.584. The summed E-state index contributed by atoms with van der Waals surface area (Å²) in [5, 5.41) is 16.2. The molecule has 3 N–H and O–H groups in total. The summed E-state index contributed by atoms with van der Waals surface area (Å²) in [6, 6.07) is 16.5. The van der Waals surface area contributed by atoms with Gasteiger partial charge in [-0.1, -0.05) is 18.2 Å². The Morgan fingerprint density at radius 3 is 2.76 bits per heavy atom. The van der Waals surface area contributed by atoms with Crippen LogP contribution in [0.4, 0.5) is 0 Å². The lowest BCUT2D eigenvalue weighted by Gasteiger charge is -2.37. The SMILES string of the molecule is Cc1cc(COc2ccc(C(=O)N[C@@H]3CCN(Cc4nccs4)C[C@@H]3C(=O)NO)cc2)c2ccccc2n1. The Morgan fingerprint density at radius 2 is 2.00 bits per heavy atom. The Balaban J connectivity index is 1.20. The molecule has 0 spiro atoms. The quantitative estimate of drug-likeness (QED) is 0.234. The van der Waals surface area contributed by atoms with Gasteiger partial charge in [-0.25, -0.2) is 10.5 Å². The first-order valence-corrected chi connectivity index (χ1v) is 13.3. The number of aromatic nitrogens is 2. The fourth-order valence-electron chi connectivity index (χ4n) is 4.84. The summed E-state index contributed by atoms with van der Waals surface area (Å²) in [5.41, 5.74) is 5.13. The summed E-state index contributed by atoms with van der Waals surface area (Å²) in [6.45, 7) is 4.09. The molecule has 1 saturated heterocycles. The lowest BCUT2D eigenvalue weighted by atomic mass is 9.91. The number of para-hydroxylation sites is 1. The Hall–Kier alpha value is -3.86. The number of pyridine rings is 1. The van der Waals surface area contributed by atoms with E-state index < -0.39 is 17.9 Å². The van der Waals surface area contributed by atoms with Gasteiger partial charge in [0.15, 0.2) is 0 Å². The first-order chi connectivity index (χ1) is 18.5. The summed E-state index contributed by atoms with van der Waals surface area (Å²) in [5.74, 6) is -0.727. The molecule has 4 aromatic rings. The van der Waals surface area contributed by atoms with Gasteiger partial charge in [0.1, 0.15) is 17.4 Å². The van der Waals surface area contributed by atoms with Crippen LogP contribution in [-0.2, 0) is 17.9 Å². The zero-order chi connectivity index (χ0) is 26.5. The number of nitrogens with zero attached hydrogens (tertiary/aromatic N) is 3. The van der Waals surface area contributed by atoms with E-state index in [2.05, 4.69) is 20.2 Å². The third-order valence-electron chi connectivity index (χ3n) is 6.74. The van der Waals surface area contributed by atoms with E-state index in [1.54, 1.807) is 47.3 Å². The number of fused-ring (bicyclic) bond motifs is 1. The molecule has 2 aromatic carbocycles. The third kappa shape index (κ3) is 5.99. The highest BCUT2D eigenvalue weighted by Gasteiger charge is 2.35. The average Bonchev–Trinajstić information content (AvgIpc) is 3.45. The van der Waals surface area contributed by atoms with E-state index in [0.717, 1.165) is 27.2 Å². The number of nitrogens with one attached hydrogen (secondary N) is 2. The predicted molar refractivity (Wildman–Crippen MR) is 144 cm³/mol. The van der Waals surface area contributed by atoms with Crippen molar-refractivity contribution in [1.82, 2.24) is 25.7 Å². The number of piperidine rings is 1. The molecule has 0 aliphatic carbocycles. The van der Waals surface area contributed by atoms with Crippen LogP contribution >= 0.6 is 11.3 Å². The molecule has 1 aliphatic rings. The normalized spacial score (nSPS) is 17.7. The van der Waals surface area contributed by atoms with E-state index in [1.165, 1.54) is 0 Å². The molecule has 2 atom stereocenters. The van der Waals surface area contributed by atoms with Crippen LogP contribution in [0.15, 0.2) is 66.2 Å². The van der Waals surface area contributed by atoms with Crippen LogP contribution in [0.2, 0.25) is 0 Å². The maximum Gasteiger partial charge on any atom is 0.251 e. The Labute approximate surface area is 224 Å². The molecule has 0 saturated carbocycles. The molecule has 196 valence electrons. The molecule has 9 nitrogen and oxygen atoms in total. The van der Waals surface area contributed by atoms with Crippen LogP contribution in [0.3, 0.4) is 0 Å². The van der Waals surface area contributed by atoms with Gasteiger partial charge in [0, 0.05) is 52.9 Å². The number of rotatable bonds is 8. The van der Waals surface area contributed by atoms with Crippen molar-refractivity contribution in [3.63, 3.8) is 0 Å². The number of carbonyl (C=O) groups excluding carboxylic acids is 2. The van der Waals surface area contributed by atoms with Crippen molar-refractivity contribution < 1.29 is 19.5 Å². The molecule has 1 fully saturated rings. The van der Waals surface area contributed by atoms with Crippen molar-refractivity contribution in [2.75, 3.05) is 13.1 Å². The van der Waals surface area contributed by atoms with Gasteiger partial charge in [-0.15, -0.1) is 11.3 Å². The Kier molecular flexibility index (Phi) is 7.92. The second kappa shape index (κ2) is 11.7. The fourth-order valence-corrected chi connectivity index (χ4v) is 5.49. The van der Waals surface area contributed by atoms with Crippen LogP contribution in [0.5, 0.6) is 5.75 Å². The number of hydroxylamine groups is 1. The van der Waals surface area contributed by atoms with E-state index in [1.807, 2.05) is 42.6 Å². The molecule has 0 bridgehead atoms. The minimum absolute atomic E-state index is 0.276. The molecule has 1 aliphatic heterocycles. The number of carbonyl (C=O) groups is 2. The van der Waals surface area contributed by atoms with E-state index in [-0.39, 0.29) is 5.91 Å². The van der Waals surface area contributed by atoms with Crippen LogP contribution in [0.1, 0.15) is 33.0 Å². The molecule has 2 aromatic heterocycles. The third-order valence-corrected chi connectivity index (χ3v) is 7.51. The van der Waals surface area contributed by atoms with Crippen LogP contribution < -0.4 is 15.5 Å². The fraction of sp³-hybridized carbons (Fsp3) is 0.286. The molecular formula is C28H29N5O4S. The number of likely N-dealkylation sites (tertiary alicyclic amines) is 1. The van der Waals surface area contributed by atoms with Gasteiger partial charge in [-0.3, -0.25) is 24.7 Å². The number of hydrogen-bond acceptors (Lipinski definition) is 8. The summed E-state index contributed by atoms with van der Waals surface area (Å²) < 4.78 is 6.01. The highest BCUT2D eigenvalue weighted by molar-refractivity contribution is 7.09. The molecular weight excluding hydrogens is 502 g/mol. The maximum atomic E-state index is 13.0. The Bertz CT molecular complexity index is 1410. The lowest BCUT2D eigenvalue weighted by molar-refractivity contribution is -0.136. The van der Waals surface area contributed by atoms with Crippen molar-refractivity contribution in [3.05, 3.63) is 88.0 Å². The number of thiazole rings is 1. The number of ether oxygens (including phenoxy) is 1. The van der Waals surface area contributed by atoms with Crippen LogP contribution in [0, 0.1) is 12.8 Å². The standard InChI is InChI=1S/C28H29N5O4S/c1-18-14-20(22-4-2-3-5-24(22)30-18)17-37-21-8-6-19(7-9-21)27(34)31-25-10-12-33(15-23(25)28(35)32-36)16-26-29-11-13-38-26/h2-9,11,13-14,23,25,36H,10,12,15-17H2,1H3,(H,31,34)(H,32,35)/t23-,25+/m0/s1. The highest BCUT2D eigenvalue weighted by atomic mass is 32.1. The maximum absolute atomic E-state index is 13.0. The molecule has 2 amide bonds. The zero-order valence-electron chi connectivity index (χ0n) is 21.0. The summed E-state index contributed by atoms with van der Waals surface area (Å²) in [6.07, 6.45) is 2.33. The van der Waals surface area contributed by atoms with Gasteiger partial charge < -0.3 is 10.1 Å². The molecule has 10 heteroatoms. The lowest BCUT2D eigenvalue weighted by Crippen LogP contribution is -2.55. The van der Waals surface area contributed by atoms with Crippen molar-refractivity contribution >= 4 is 34.1 Å². The first kappa shape index (κ1) is 25.8. The van der Waals surface area contributed by atoms with Gasteiger partial charge in [0.05, 0.1) is 18.0 Å². The molecule has 0 unspecified atom stereocenters. The predicted octanol–water partition coefficient (Wildman–Crippen LogP) is 3.70. The number of amides is 2. The van der Waals surface area contributed by atoms with E-state index in [4.69, 9.17) is 4.74 Å². The Morgan fingerprint density at radius 1 is 1.18 bits per heavy atom. The molecule has 0 radical (unpaired) electrons. The molecule has 38 heavy (non-hydrogen) atoms.